The third-order valence-electron chi connectivity index (χ3n) is 5.04. The molecule has 10 nitrogen and oxygen atoms in total. The van der Waals surface area contributed by atoms with E-state index in [4.69, 9.17) is 0 Å². The van der Waals surface area contributed by atoms with E-state index >= 15 is 0 Å². The molecule has 148 valence electrons. The Morgan fingerprint density at radius 2 is 1.93 bits per heavy atom. The molecular weight excluding hydrogens is 350 g/mol. The lowest BCUT2D eigenvalue weighted by atomic mass is 9.95. The molecular formula is C17H27N7O3. The Balaban J connectivity index is 1.57. The van der Waals surface area contributed by atoms with Crippen LogP contribution in [0.1, 0.15) is 37.3 Å². The molecule has 3 heterocycles. The van der Waals surface area contributed by atoms with Crippen molar-refractivity contribution in [2.45, 2.75) is 38.8 Å². The molecule has 1 N–H and O–H groups in total. The van der Waals surface area contributed by atoms with Gasteiger partial charge in [-0.3, -0.25) is 14.9 Å². The van der Waals surface area contributed by atoms with E-state index < -0.39 is 6.03 Å². The zero-order valence-corrected chi connectivity index (χ0v) is 16.1. The predicted octanol–water partition coefficient (Wildman–Crippen LogP) is -0.383. The number of piperidine rings is 1. The van der Waals surface area contributed by atoms with Crippen LogP contribution in [0.5, 0.6) is 0 Å². The Morgan fingerprint density at radius 1 is 1.22 bits per heavy atom. The standard InChI is InChI=1S/C17H27N7O3/c1-4-24-13(9-21(2)3)19-20-16(24)12-5-7-22(8-6-12)15(26)11-23-10-14(25)18-17(23)27/h12H,4-11H2,1-3H3,(H,18,25,27). The quantitative estimate of drug-likeness (QED) is 0.678. The normalized spacial score (nSPS) is 18.5. The lowest BCUT2D eigenvalue weighted by Gasteiger charge is -2.32. The highest BCUT2D eigenvalue weighted by Gasteiger charge is 2.32. The number of carbonyl (C=O) groups is 3. The van der Waals surface area contributed by atoms with Crippen molar-refractivity contribution in [3.63, 3.8) is 0 Å². The molecule has 0 spiro atoms. The highest BCUT2D eigenvalue weighted by Crippen LogP contribution is 2.27. The number of urea groups is 1. The van der Waals surface area contributed by atoms with E-state index in [1.165, 1.54) is 4.90 Å². The number of likely N-dealkylation sites (tertiary alicyclic amines) is 1. The summed E-state index contributed by atoms with van der Waals surface area (Å²) >= 11 is 0. The number of hydrogen-bond acceptors (Lipinski definition) is 6. The van der Waals surface area contributed by atoms with E-state index in [2.05, 4.69) is 31.9 Å². The van der Waals surface area contributed by atoms with Crippen molar-refractivity contribution >= 4 is 17.8 Å². The third-order valence-corrected chi connectivity index (χ3v) is 5.04. The first kappa shape index (κ1) is 19.3. The molecule has 0 atom stereocenters. The number of amides is 4. The van der Waals surface area contributed by atoms with Crippen molar-refractivity contribution in [1.82, 2.24) is 34.8 Å². The summed E-state index contributed by atoms with van der Waals surface area (Å²) in [5, 5.41) is 11.0. The maximum absolute atomic E-state index is 12.5. The Labute approximate surface area is 158 Å². The molecule has 4 amide bonds. The van der Waals surface area contributed by atoms with Gasteiger partial charge in [-0.05, 0) is 33.9 Å². The molecule has 27 heavy (non-hydrogen) atoms. The summed E-state index contributed by atoms with van der Waals surface area (Å²) in [6.07, 6.45) is 1.63. The van der Waals surface area contributed by atoms with Crippen LogP contribution < -0.4 is 5.32 Å². The first-order valence-corrected chi connectivity index (χ1v) is 9.32. The van der Waals surface area contributed by atoms with Crippen LogP contribution >= 0.6 is 0 Å². The molecule has 0 aliphatic carbocycles. The summed E-state index contributed by atoms with van der Waals surface area (Å²) in [5.74, 6) is 1.74. The lowest BCUT2D eigenvalue weighted by molar-refractivity contribution is -0.132. The Hall–Kier alpha value is -2.49. The number of imide groups is 1. The second-order valence-corrected chi connectivity index (χ2v) is 7.32. The van der Waals surface area contributed by atoms with Gasteiger partial charge in [-0.15, -0.1) is 10.2 Å². The minimum absolute atomic E-state index is 0.0463. The molecule has 2 aliphatic heterocycles. The van der Waals surface area contributed by atoms with Gasteiger partial charge >= 0.3 is 6.03 Å². The molecule has 2 fully saturated rings. The van der Waals surface area contributed by atoms with E-state index in [0.29, 0.717) is 13.1 Å². The molecule has 0 aromatic carbocycles. The fourth-order valence-electron chi connectivity index (χ4n) is 3.66. The van der Waals surface area contributed by atoms with Crippen molar-refractivity contribution < 1.29 is 14.4 Å². The van der Waals surface area contributed by atoms with Gasteiger partial charge in [-0.25, -0.2) is 4.79 Å². The van der Waals surface area contributed by atoms with Gasteiger partial charge in [0.15, 0.2) is 0 Å². The smallest absolute Gasteiger partial charge is 0.325 e. The van der Waals surface area contributed by atoms with Crippen molar-refractivity contribution in [1.29, 1.82) is 0 Å². The van der Waals surface area contributed by atoms with Gasteiger partial charge in [0.25, 0.3) is 0 Å². The van der Waals surface area contributed by atoms with Crippen LogP contribution in [0.4, 0.5) is 4.79 Å². The van der Waals surface area contributed by atoms with E-state index in [9.17, 15) is 14.4 Å². The number of hydrogen-bond donors (Lipinski definition) is 1. The molecule has 0 bridgehead atoms. The van der Waals surface area contributed by atoms with E-state index in [-0.39, 0.29) is 30.8 Å². The fourth-order valence-corrected chi connectivity index (χ4v) is 3.66. The van der Waals surface area contributed by atoms with Gasteiger partial charge in [0, 0.05) is 25.6 Å². The maximum atomic E-state index is 12.5. The lowest BCUT2D eigenvalue weighted by Crippen LogP contribution is -2.44. The largest absolute Gasteiger partial charge is 0.341 e. The molecule has 0 saturated carbocycles. The van der Waals surface area contributed by atoms with Crippen LogP contribution in [0.25, 0.3) is 0 Å². The van der Waals surface area contributed by atoms with E-state index in [0.717, 1.165) is 37.6 Å². The minimum atomic E-state index is -0.493. The highest BCUT2D eigenvalue weighted by molar-refractivity contribution is 6.03. The predicted molar refractivity (Wildman–Crippen MR) is 96.8 cm³/mol. The van der Waals surface area contributed by atoms with Gasteiger partial charge in [-0.2, -0.15) is 0 Å². The third kappa shape index (κ3) is 4.26. The van der Waals surface area contributed by atoms with Crippen molar-refractivity contribution in [3.8, 4) is 0 Å². The first-order chi connectivity index (χ1) is 12.9. The average Bonchev–Trinajstić information content (AvgIpc) is 3.16. The minimum Gasteiger partial charge on any atom is -0.341 e. The summed E-state index contributed by atoms with van der Waals surface area (Å²) in [7, 11) is 4.01. The molecule has 2 saturated heterocycles. The Morgan fingerprint density at radius 3 is 2.48 bits per heavy atom. The van der Waals surface area contributed by atoms with Crippen LogP contribution in [0.2, 0.25) is 0 Å². The zero-order valence-electron chi connectivity index (χ0n) is 16.1. The second kappa shape index (κ2) is 8.03. The van der Waals surface area contributed by atoms with Crippen LogP contribution in [0, 0.1) is 0 Å². The monoisotopic (exact) mass is 377 g/mol. The summed E-state index contributed by atoms with van der Waals surface area (Å²) in [6, 6.07) is -0.493. The van der Waals surface area contributed by atoms with Crippen LogP contribution in [-0.4, -0.2) is 87.6 Å². The summed E-state index contributed by atoms with van der Waals surface area (Å²) < 4.78 is 2.17. The van der Waals surface area contributed by atoms with E-state index in [1.54, 1.807) is 4.90 Å². The first-order valence-electron chi connectivity index (χ1n) is 9.32. The van der Waals surface area contributed by atoms with E-state index in [1.807, 2.05) is 14.1 Å². The van der Waals surface area contributed by atoms with Crippen molar-refractivity contribution in [2.24, 2.45) is 0 Å². The van der Waals surface area contributed by atoms with Gasteiger partial charge in [0.05, 0.1) is 6.54 Å². The summed E-state index contributed by atoms with van der Waals surface area (Å²) in [4.78, 5) is 40.4. The van der Waals surface area contributed by atoms with Gasteiger partial charge in [0.1, 0.15) is 24.7 Å². The Bertz CT molecular complexity index is 722. The molecule has 1 aromatic heterocycles. The number of nitrogens with one attached hydrogen (secondary N) is 1. The molecule has 2 aliphatic rings. The maximum Gasteiger partial charge on any atom is 0.325 e. The van der Waals surface area contributed by atoms with Crippen LogP contribution in [-0.2, 0) is 22.7 Å². The average molecular weight is 377 g/mol. The fraction of sp³-hybridized carbons (Fsp3) is 0.706. The van der Waals surface area contributed by atoms with Gasteiger partial charge < -0.3 is 19.3 Å². The van der Waals surface area contributed by atoms with Gasteiger partial charge in [-0.1, -0.05) is 0 Å². The van der Waals surface area contributed by atoms with Crippen LogP contribution in [0.3, 0.4) is 0 Å². The molecule has 10 heteroatoms. The summed E-state index contributed by atoms with van der Waals surface area (Å²) in [5.41, 5.74) is 0. The number of aromatic nitrogens is 3. The molecule has 1 aromatic rings. The topological polar surface area (TPSA) is 104 Å². The number of carbonyl (C=O) groups excluding carboxylic acids is 3. The number of nitrogens with zero attached hydrogens (tertiary/aromatic N) is 6. The van der Waals surface area contributed by atoms with Crippen LogP contribution in [0.15, 0.2) is 0 Å². The summed E-state index contributed by atoms with van der Waals surface area (Å²) in [6.45, 7) is 4.79. The number of rotatable bonds is 6. The molecule has 0 radical (unpaired) electrons. The Kier molecular flexibility index (Phi) is 5.73. The zero-order chi connectivity index (χ0) is 19.6. The van der Waals surface area contributed by atoms with Crippen molar-refractivity contribution in [2.75, 3.05) is 40.3 Å². The molecule has 3 rings (SSSR count). The van der Waals surface area contributed by atoms with Crippen molar-refractivity contribution in [3.05, 3.63) is 11.6 Å². The SMILES string of the molecule is CCn1c(CN(C)C)nnc1C1CCN(C(=O)CN2CC(=O)NC2=O)CC1. The van der Waals surface area contributed by atoms with Gasteiger partial charge in [0.2, 0.25) is 11.8 Å². The highest BCUT2D eigenvalue weighted by atomic mass is 16.2. The second-order valence-electron chi connectivity index (χ2n) is 7.32. The molecule has 0 unspecified atom stereocenters.